The molecule has 0 radical (unpaired) electrons. The van der Waals surface area contributed by atoms with Gasteiger partial charge < -0.3 is 9.64 Å². The van der Waals surface area contributed by atoms with Crippen molar-refractivity contribution >= 4 is 37.3 Å². The number of benzene rings is 2. The maximum absolute atomic E-state index is 12.6. The summed E-state index contributed by atoms with van der Waals surface area (Å²) in [5, 5.41) is 5.06. The highest BCUT2D eigenvalue weighted by atomic mass is 32.2. The van der Waals surface area contributed by atoms with Gasteiger partial charge in [-0.2, -0.15) is 0 Å². The number of carbonyl (C=O) groups excluding carboxylic acids is 1. The van der Waals surface area contributed by atoms with E-state index >= 15 is 0 Å². The fourth-order valence-electron chi connectivity index (χ4n) is 2.90. The van der Waals surface area contributed by atoms with E-state index in [9.17, 15) is 21.6 Å². The Morgan fingerprint density at radius 3 is 2.39 bits per heavy atom. The van der Waals surface area contributed by atoms with Gasteiger partial charge in [0.1, 0.15) is 5.75 Å². The molecular formula is C17H19N3O6S2. The van der Waals surface area contributed by atoms with E-state index in [1.165, 1.54) is 37.4 Å². The largest absolute Gasteiger partial charge is 0.494 e. The molecule has 11 heteroatoms. The highest BCUT2D eigenvalue weighted by Crippen LogP contribution is 2.34. The molecule has 0 bridgehead atoms. The van der Waals surface area contributed by atoms with Crippen LogP contribution in [0.4, 0.5) is 11.4 Å². The van der Waals surface area contributed by atoms with E-state index in [0.29, 0.717) is 24.4 Å². The summed E-state index contributed by atoms with van der Waals surface area (Å²) in [6.07, 6.45) is 1.20. The second kappa shape index (κ2) is 7.41. The minimum atomic E-state index is -4.07. The van der Waals surface area contributed by atoms with Crippen LogP contribution in [-0.2, 0) is 24.8 Å². The van der Waals surface area contributed by atoms with Crippen LogP contribution in [0.1, 0.15) is 12.8 Å². The van der Waals surface area contributed by atoms with Crippen molar-refractivity contribution in [3.05, 3.63) is 42.5 Å². The number of hydrogen-bond donors (Lipinski definition) is 2. The number of primary sulfonamides is 1. The third-order valence-electron chi connectivity index (χ3n) is 4.24. The predicted octanol–water partition coefficient (Wildman–Crippen LogP) is 1.27. The van der Waals surface area contributed by atoms with E-state index in [4.69, 9.17) is 9.88 Å². The topological polar surface area (TPSA) is 136 Å². The normalized spacial score (nSPS) is 14.9. The minimum absolute atomic E-state index is 0.0218. The number of ether oxygens (including phenoxy) is 1. The molecular weight excluding hydrogens is 406 g/mol. The quantitative estimate of drug-likeness (QED) is 0.715. The highest BCUT2D eigenvalue weighted by Gasteiger charge is 2.25. The number of nitrogens with two attached hydrogens (primary N) is 1. The van der Waals surface area contributed by atoms with Gasteiger partial charge in [-0.1, -0.05) is 6.07 Å². The van der Waals surface area contributed by atoms with Crippen LogP contribution in [-0.4, -0.2) is 36.4 Å². The SMILES string of the molecule is COc1cc(NS(=O)(=O)c2cccc(S(N)(=O)=O)c2)ccc1N1CCCC1=O. The van der Waals surface area contributed by atoms with Gasteiger partial charge in [-0.3, -0.25) is 9.52 Å². The van der Waals surface area contributed by atoms with Gasteiger partial charge in [0.05, 0.1) is 28.3 Å². The van der Waals surface area contributed by atoms with Crippen molar-refractivity contribution in [2.45, 2.75) is 22.6 Å². The van der Waals surface area contributed by atoms with Gasteiger partial charge >= 0.3 is 0 Å². The summed E-state index contributed by atoms with van der Waals surface area (Å²) in [6, 6.07) is 9.29. The van der Waals surface area contributed by atoms with E-state index in [0.717, 1.165) is 12.5 Å². The Morgan fingerprint density at radius 1 is 1.07 bits per heavy atom. The van der Waals surface area contributed by atoms with Crippen LogP contribution < -0.4 is 19.5 Å². The molecule has 3 rings (SSSR count). The molecule has 0 unspecified atom stereocenters. The van der Waals surface area contributed by atoms with Gasteiger partial charge in [-0.25, -0.2) is 22.0 Å². The summed E-state index contributed by atoms with van der Waals surface area (Å²) in [4.78, 5) is 13.0. The number of nitrogens with one attached hydrogen (secondary N) is 1. The van der Waals surface area contributed by atoms with Crippen molar-refractivity contribution in [3.8, 4) is 5.75 Å². The van der Waals surface area contributed by atoms with E-state index in [1.807, 2.05) is 0 Å². The molecule has 0 atom stereocenters. The third-order valence-corrected chi connectivity index (χ3v) is 6.53. The molecule has 28 heavy (non-hydrogen) atoms. The molecule has 3 N–H and O–H groups in total. The average Bonchev–Trinajstić information content (AvgIpc) is 3.06. The lowest BCUT2D eigenvalue weighted by molar-refractivity contribution is -0.117. The molecule has 1 aliphatic heterocycles. The first-order chi connectivity index (χ1) is 13.1. The number of carbonyl (C=O) groups is 1. The lowest BCUT2D eigenvalue weighted by Crippen LogP contribution is -2.24. The zero-order valence-corrected chi connectivity index (χ0v) is 16.6. The lowest BCUT2D eigenvalue weighted by Gasteiger charge is -2.20. The fraction of sp³-hybridized carbons (Fsp3) is 0.235. The van der Waals surface area contributed by atoms with Crippen molar-refractivity contribution in [1.82, 2.24) is 0 Å². The zero-order chi connectivity index (χ0) is 20.5. The Labute approximate surface area is 163 Å². The Kier molecular flexibility index (Phi) is 5.33. The summed E-state index contributed by atoms with van der Waals surface area (Å²) in [5.41, 5.74) is 0.762. The van der Waals surface area contributed by atoms with Crippen LogP contribution in [0.3, 0.4) is 0 Å². The molecule has 1 aliphatic rings. The van der Waals surface area contributed by atoms with Crippen molar-refractivity contribution in [2.75, 3.05) is 23.3 Å². The van der Waals surface area contributed by atoms with Crippen LogP contribution in [0.25, 0.3) is 0 Å². The molecule has 0 aromatic heterocycles. The van der Waals surface area contributed by atoms with Gasteiger partial charge in [0.25, 0.3) is 10.0 Å². The summed E-state index contributed by atoms with van der Waals surface area (Å²) in [7, 11) is -6.69. The number of methoxy groups -OCH3 is 1. The molecule has 1 amide bonds. The summed E-state index contributed by atoms with van der Waals surface area (Å²) >= 11 is 0. The van der Waals surface area contributed by atoms with Crippen LogP contribution in [0.5, 0.6) is 5.75 Å². The fourth-order valence-corrected chi connectivity index (χ4v) is 4.63. The molecule has 150 valence electrons. The molecule has 2 aromatic rings. The smallest absolute Gasteiger partial charge is 0.261 e. The van der Waals surface area contributed by atoms with Crippen molar-refractivity contribution in [3.63, 3.8) is 0 Å². The first-order valence-electron chi connectivity index (χ1n) is 8.26. The number of sulfonamides is 2. The average molecular weight is 425 g/mol. The van der Waals surface area contributed by atoms with Crippen molar-refractivity contribution in [2.24, 2.45) is 5.14 Å². The predicted molar refractivity (Wildman–Crippen MR) is 103 cm³/mol. The highest BCUT2D eigenvalue weighted by molar-refractivity contribution is 7.93. The Morgan fingerprint density at radius 2 is 1.79 bits per heavy atom. The van der Waals surface area contributed by atoms with Gasteiger partial charge in [0.15, 0.2) is 0 Å². The second-order valence-corrected chi connectivity index (χ2v) is 9.40. The van der Waals surface area contributed by atoms with E-state index < -0.39 is 20.0 Å². The molecule has 0 saturated carbocycles. The van der Waals surface area contributed by atoms with E-state index in [1.54, 1.807) is 11.0 Å². The first-order valence-corrected chi connectivity index (χ1v) is 11.3. The van der Waals surface area contributed by atoms with Crippen LogP contribution in [0, 0.1) is 0 Å². The van der Waals surface area contributed by atoms with Crippen molar-refractivity contribution < 1.29 is 26.4 Å². The summed E-state index contributed by atoms with van der Waals surface area (Å²) < 4.78 is 55.8. The van der Waals surface area contributed by atoms with E-state index in [2.05, 4.69) is 4.72 Å². The van der Waals surface area contributed by atoms with Crippen LogP contribution in [0.15, 0.2) is 52.3 Å². The standard InChI is InChI=1S/C17H19N3O6S2/c1-26-16-10-12(7-8-15(16)20-9-3-6-17(20)21)19-28(24,25)14-5-2-4-13(11-14)27(18,22)23/h2,4-5,7-8,10-11,19H,3,6,9H2,1H3,(H2,18,22,23). The number of hydrogen-bond acceptors (Lipinski definition) is 6. The number of amides is 1. The molecule has 0 spiro atoms. The molecule has 0 aliphatic carbocycles. The van der Waals surface area contributed by atoms with Gasteiger partial charge in [0.2, 0.25) is 15.9 Å². The molecule has 2 aromatic carbocycles. The molecule has 1 saturated heterocycles. The number of anilines is 2. The summed E-state index contributed by atoms with van der Waals surface area (Å²) in [5.74, 6) is 0.320. The van der Waals surface area contributed by atoms with Crippen LogP contribution >= 0.6 is 0 Å². The van der Waals surface area contributed by atoms with Crippen LogP contribution in [0.2, 0.25) is 0 Å². The molecule has 9 nitrogen and oxygen atoms in total. The third kappa shape index (κ3) is 4.11. The number of rotatable bonds is 6. The lowest BCUT2D eigenvalue weighted by atomic mass is 10.2. The van der Waals surface area contributed by atoms with Gasteiger partial charge in [0, 0.05) is 19.0 Å². The second-order valence-electron chi connectivity index (χ2n) is 6.16. The Balaban J connectivity index is 1.92. The van der Waals surface area contributed by atoms with Crippen molar-refractivity contribution in [1.29, 1.82) is 0 Å². The minimum Gasteiger partial charge on any atom is -0.494 e. The zero-order valence-electron chi connectivity index (χ0n) is 15.0. The maximum Gasteiger partial charge on any atom is 0.261 e. The Bertz CT molecular complexity index is 1130. The maximum atomic E-state index is 12.6. The Hall–Kier alpha value is -2.63. The van der Waals surface area contributed by atoms with E-state index in [-0.39, 0.29) is 21.4 Å². The molecule has 1 heterocycles. The van der Waals surface area contributed by atoms with Gasteiger partial charge in [-0.15, -0.1) is 0 Å². The first kappa shape index (κ1) is 20.1. The monoisotopic (exact) mass is 425 g/mol. The molecule has 1 fully saturated rings. The number of nitrogens with zero attached hydrogens (tertiary/aromatic N) is 1. The van der Waals surface area contributed by atoms with Gasteiger partial charge in [-0.05, 0) is 36.8 Å². The summed E-state index contributed by atoms with van der Waals surface area (Å²) in [6.45, 7) is 0.570.